The van der Waals surface area contributed by atoms with Crippen LogP contribution >= 0.6 is 0 Å². The van der Waals surface area contributed by atoms with Crippen LogP contribution in [0.3, 0.4) is 0 Å². The molecule has 0 unspecified atom stereocenters. The Morgan fingerprint density at radius 1 is 1.07 bits per heavy atom. The largest absolute Gasteiger partial charge is 2.00 e. The molecule has 0 aromatic rings. The van der Waals surface area contributed by atoms with Crippen LogP contribution in [-0.4, -0.2) is 42.1 Å². The molecule has 2 nitrogen and oxygen atoms in total. The van der Waals surface area contributed by atoms with Crippen LogP contribution in [0.1, 0.15) is 45.4 Å². The molecule has 0 bridgehead atoms. The van der Waals surface area contributed by atoms with E-state index < -0.39 is 0 Å². The smallest absolute Gasteiger partial charge is 1.00 e. The van der Waals surface area contributed by atoms with Gasteiger partial charge in [0.25, 0.3) is 0 Å². The van der Waals surface area contributed by atoms with Crippen LogP contribution in [0.4, 0.5) is 0 Å². The molecule has 4 heteroatoms. The predicted molar refractivity (Wildman–Crippen MR) is 59.1 cm³/mol. The van der Waals surface area contributed by atoms with Gasteiger partial charge in [-0.1, -0.05) is 19.3 Å². The SMILES string of the molecule is [Br-].[CH2-]CCCCCCC1(C)OCCO1.[Mg+2]. The Hall–Kier alpha value is 1.17. The molecule has 15 heavy (non-hydrogen) atoms. The van der Waals surface area contributed by atoms with E-state index in [-0.39, 0.29) is 45.8 Å². The molecule has 1 heterocycles. The van der Waals surface area contributed by atoms with E-state index in [1.54, 1.807) is 0 Å². The summed E-state index contributed by atoms with van der Waals surface area (Å²) in [5.74, 6) is -0.273. The summed E-state index contributed by atoms with van der Waals surface area (Å²) >= 11 is 0. The summed E-state index contributed by atoms with van der Waals surface area (Å²) in [6.45, 7) is 7.39. The Morgan fingerprint density at radius 3 is 2.13 bits per heavy atom. The Kier molecular flexibility index (Phi) is 12.8. The third-order valence-electron chi connectivity index (χ3n) is 2.53. The number of hydrogen-bond acceptors (Lipinski definition) is 2. The minimum Gasteiger partial charge on any atom is -1.00 e. The second kappa shape index (κ2) is 10.3. The van der Waals surface area contributed by atoms with Crippen LogP contribution in [0.5, 0.6) is 0 Å². The molecule has 1 rings (SSSR count). The predicted octanol–water partition coefficient (Wildman–Crippen LogP) is -0.453. The van der Waals surface area contributed by atoms with Gasteiger partial charge in [0.15, 0.2) is 5.79 Å². The number of ether oxygens (including phenoxy) is 2. The molecule has 0 spiro atoms. The van der Waals surface area contributed by atoms with Gasteiger partial charge < -0.3 is 33.4 Å². The van der Waals surface area contributed by atoms with Gasteiger partial charge in [0, 0.05) is 6.42 Å². The second-order valence-corrected chi connectivity index (χ2v) is 3.85. The molecule has 0 atom stereocenters. The van der Waals surface area contributed by atoms with E-state index in [0.717, 1.165) is 26.1 Å². The quantitative estimate of drug-likeness (QED) is 0.375. The first kappa shape index (κ1) is 18.5. The first-order chi connectivity index (χ1) is 6.27. The molecular weight excluding hydrogens is 268 g/mol. The number of unbranched alkanes of at least 4 members (excludes halogenated alkanes) is 4. The molecule has 0 aliphatic carbocycles. The fraction of sp³-hybridized carbons (Fsp3) is 0.909. The van der Waals surface area contributed by atoms with E-state index in [0.29, 0.717) is 0 Å². The molecule has 0 radical (unpaired) electrons. The molecule has 1 aliphatic rings. The van der Waals surface area contributed by atoms with Crippen LogP contribution in [0.25, 0.3) is 0 Å². The topological polar surface area (TPSA) is 18.5 Å². The first-order valence-electron chi connectivity index (χ1n) is 5.34. The van der Waals surface area contributed by atoms with Crippen molar-refractivity contribution < 1.29 is 26.5 Å². The van der Waals surface area contributed by atoms with Gasteiger partial charge in [0.05, 0.1) is 13.2 Å². The van der Waals surface area contributed by atoms with E-state index in [1.807, 2.05) is 6.92 Å². The Morgan fingerprint density at radius 2 is 1.60 bits per heavy atom. The second-order valence-electron chi connectivity index (χ2n) is 3.85. The zero-order valence-electron chi connectivity index (χ0n) is 9.77. The van der Waals surface area contributed by atoms with Crippen molar-refractivity contribution in [2.24, 2.45) is 0 Å². The summed E-state index contributed by atoms with van der Waals surface area (Å²) in [5, 5.41) is 0. The maximum atomic E-state index is 5.51. The molecule has 1 aliphatic heterocycles. The van der Waals surface area contributed by atoms with E-state index in [2.05, 4.69) is 6.92 Å². The average Bonchev–Trinajstić information content (AvgIpc) is 2.53. The van der Waals surface area contributed by atoms with E-state index >= 15 is 0 Å². The van der Waals surface area contributed by atoms with Gasteiger partial charge in [-0.25, -0.2) is 0 Å². The van der Waals surface area contributed by atoms with Crippen LogP contribution in [0, 0.1) is 6.92 Å². The van der Waals surface area contributed by atoms with Gasteiger partial charge in [-0.2, -0.15) is 6.42 Å². The van der Waals surface area contributed by atoms with Crippen molar-refractivity contribution in [2.45, 2.75) is 51.2 Å². The molecular formula is C11H21BrMgO2. The zero-order chi connectivity index (χ0) is 9.57. The molecule has 0 N–H and O–H groups in total. The van der Waals surface area contributed by atoms with Crippen molar-refractivity contribution in [1.29, 1.82) is 0 Å². The number of rotatable bonds is 6. The van der Waals surface area contributed by atoms with Gasteiger partial charge in [-0.3, -0.25) is 0 Å². The van der Waals surface area contributed by atoms with Gasteiger partial charge in [0.1, 0.15) is 0 Å². The molecule has 86 valence electrons. The Labute approximate surface area is 120 Å². The molecule has 0 amide bonds. The van der Waals surface area contributed by atoms with Gasteiger partial charge in [0.2, 0.25) is 0 Å². The fourth-order valence-corrected chi connectivity index (χ4v) is 1.68. The van der Waals surface area contributed by atoms with Crippen molar-refractivity contribution in [3.05, 3.63) is 6.92 Å². The van der Waals surface area contributed by atoms with Crippen LogP contribution in [0.15, 0.2) is 0 Å². The van der Waals surface area contributed by atoms with Crippen LogP contribution in [-0.2, 0) is 9.47 Å². The van der Waals surface area contributed by atoms with Crippen molar-refractivity contribution >= 4 is 23.1 Å². The van der Waals surface area contributed by atoms with Gasteiger partial charge in [-0.15, -0.1) is 0 Å². The molecule has 1 saturated heterocycles. The van der Waals surface area contributed by atoms with E-state index in [9.17, 15) is 0 Å². The third-order valence-corrected chi connectivity index (χ3v) is 2.53. The summed E-state index contributed by atoms with van der Waals surface area (Å²) in [7, 11) is 0. The molecule has 0 saturated carbocycles. The monoisotopic (exact) mass is 288 g/mol. The van der Waals surface area contributed by atoms with Gasteiger partial charge in [-0.05, 0) is 13.3 Å². The maximum Gasteiger partial charge on any atom is 2.00 e. The minimum atomic E-state index is -0.273. The fourth-order valence-electron chi connectivity index (χ4n) is 1.68. The third kappa shape index (κ3) is 7.97. The summed E-state index contributed by atoms with van der Waals surface area (Å²) < 4.78 is 11.0. The number of hydrogen-bond donors (Lipinski definition) is 0. The maximum absolute atomic E-state index is 5.51. The average molecular weight is 289 g/mol. The zero-order valence-corrected chi connectivity index (χ0v) is 12.8. The van der Waals surface area contributed by atoms with Crippen molar-refractivity contribution in [1.82, 2.24) is 0 Å². The van der Waals surface area contributed by atoms with Crippen molar-refractivity contribution in [3.8, 4) is 0 Å². The summed E-state index contributed by atoms with van der Waals surface area (Å²) in [5.41, 5.74) is 0. The van der Waals surface area contributed by atoms with E-state index in [4.69, 9.17) is 9.47 Å². The molecule has 0 aromatic heterocycles. The van der Waals surface area contributed by atoms with Crippen LogP contribution in [0.2, 0.25) is 0 Å². The van der Waals surface area contributed by atoms with Crippen molar-refractivity contribution in [3.63, 3.8) is 0 Å². The summed E-state index contributed by atoms with van der Waals surface area (Å²) in [4.78, 5) is 0. The number of halogens is 1. The summed E-state index contributed by atoms with van der Waals surface area (Å²) in [6.07, 6.45) is 7.11. The Balaban J connectivity index is 0. The van der Waals surface area contributed by atoms with Crippen molar-refractivity contribution in [2.75, 3.05) is 13.2 Å². The summed E-state index contributed by atoms with van der Waals surface area (Å²) in [6, 6.07) is 0. The van der Waals surface area contributed by atoms with E-state index in [1.165, 1.54) is 25.7 Å². The van der Waals surface area contributed by atoms with Gasteiger partial charge >= 0.3 is 23.1 Å². The van der Waals surface area contributed by atoms with Crippen LogP contribution < -0.4 is 17.0 Å². The first-order valence-corrected chi connectivity index (χ1v) is 5.34. The standard InChI is InChI=1S/C11H21O2.BrH.Mg/c1-3-4-5-6-7-8-11(2)12-9-10-13-11;;/h1,3-10H2,2H3;1H;/q-1;;+2/p-1. The molecule has 0 aromatic carbocycles. The minimum absolute atomic E-state index is 0. The Bertz CT molecular complexity index is 139. The molecule has 1 fully saturated rings. The normalized spacial score (nSPS) is 18.0.